The molecule has 1 aliphatic heterocycles. The van der Waals surface area contributed by atoms with Crippen LogP contribution in [0.25, 0.3) is 6.08 Å². The molecule has 1 aliphatic rings. The zero-order valence-electron chi connectivity index (χ0n) is 14.5. The van der Waals surface area contributed by atoms with Gasteiger partial charge in [-0.15, -0.1) is 0 Å². The van der Waals surface area contributed by atoms with E-state index in [2.05, 4.69) is 5.32 Å². The van der Waals surface area contributed by atoms with Crippen LogP contribution in [0.5, 0.6) is 0 Å². The molecule has 0 spiro atoms. The monoisotopic (exact) mass is 368 g/mol. The number of benzene rings is 2. The van der Waals surface area contributed by atoms with E-state index in [0.29, 0.717) is 16.3 Å². The van der Waals surface area contributed by atoms with Gasteiger partial charge in [-0.2, -0.15) is 0 Å². The highest BCUT2D eigenvalue weighted by Gasteiger charge is 2.18. The minimum absolute atomic E-state index is 0.0255. The highest BCUT2D eigenvalue weighted by Crippen LogP contribution is 2.17. The average molecular weight is 369 g/mol. The molecule has 2 amide bonds. The maximum absolute atomic E-state index is 12.6. The van der Waals surface area contributed by atoms with E-state index in [0.717, 1.165) is 31.5 Å². The van der Waals surface area contributed by atoms with Crippen LogP contribution in [0, 0.1) is 0 Å². The number of rotatable bonds is 4. The second-order valence-electron chi connectivity index (χ2n) is 6.31. The van der Waals surface area contributed by atoms with Crippen molar-refractivity contribution in [1.82, 2.24) is 4.90 Å². The molecular formula is C21H21ClN2O2. The molecule has 2 aromatic rings. The summed E-state index contributed by atoms with van der Waals surface area (Å²) in [6.07, 6.45) is 6.46. The number of carbonyl (C=O) groups excluding carboxylic acids is 2. The zero-order chi connectivity index (χ0) is 18.4. The Morgan fingerprint density at radius 3 is 2.46 bits per heavy atom. The number of nitrogens with zero attached hydrogens (tertiary/aromatic N) is 1. The van der Waals surface area contributed by atoms with E-state index in [4.69, 9.17) is 11.6 Å². The molecule has 134 valence electrons. The Bertz CT molecular complexity index is 809. The minimum Gasteiger partial charge on any atom is -0.339 e. The van der Waals surface area contributed by atoms with Gasteiger partial charge in [0, 0.05) is 35.4 Å². The molecule has 0 aromatic heterocycles. The second kappa shape index (κ2) is 8.68. The first-order valence-corrected chi connectivity index (χ1v) is 9.13. The van der Waals surface area contributed by atoms with E-state index in [1.165, 1.54) is 12.5 Å². The second-order valence-corrected chi connectivity index (χ2v) is 6.74. The lowest BCUT2D eigenvalue weighted by Gasteiger charge is -2.26. The van der Waals surface area contributed by atoms with Crippen LogP contribution >= 0.6 is 11.6 Å². The molecule has 0 aliphatic carbocycles. The van der Waals surface area contributed by atoms with Gasteiger partial charge in [-0.05, 0) is 61.2 Å². The molecule has 5 heteroatoms. The summed E-state index contributed by atoms with van der Waals surface area (Å²) in [5.41, 5.74) is 2.10. The summed E-state index contributed by atoms with van der Waals surface area (Å²) in [7, 11) is 0. The fourth-order valence-electron chi connectivity index (χ4n) is 2.94. The SMILES string of the molecule is O=C(/C=C/c1ccc(Cl)cc1)Nc1cccc(C(=O)N2CCCCC2)c1. The van der Waals surface area contributed by atoms with Crippen molar-refractivity contribution in [3.63, 3.8) is 0 Å². The molecule has 4 nitrogen and oxygen atoms in total. The summed E-state index contributed by atoms with van der Waals surface area (Å²) in [4.78, 5) is 26.6. The normalized spacial score (nSPS) is 14.4. The first kappa shape index (κ1) is 18.2. The molecule has 0 bridgehead atoms. The largest absolute Gasteiger partial charge is 0.339 e. The topological polar surface area (TPSA) is 49.4 Å². The average Bonchev–Trinajstić information content (AvgIpc) is 2.68. The van der Waals surface area contributed by atoms with Crippen molar-refractivity contribution in [2.75, 3.05) is 18.4 Å². The standard InChI is InChI=1S/C21H21ClN2O2/c22-18-10-7-16(8-11-18)9-12-20(25)23-19-6-4-5-17(15-19)21(26)24-13-2-1-3-14-24/h4-12,15H,1-3,13-14H2,(H,23,25)/b12-9+. The molecule has 0 saturated carbocycles. The van der Waals surface area contributed by atoms with Gasteiger partial charge >= 0.3 is 0 Å². The van der Waals surface area contributed by atoms with Crippen LogP contribution < -0.4 is 5.32 Å². The third-order valence-electron chi connectivity index (χ3n) is 4.32. The van der Waals surface area contributed by atoms with Crippen molar-refractivity contribution in [2.24, 2.45) is 0 Å². The smallest absolute Gasteiger partial charge is 0.253 e. The molecular weight excluding hydrogens is 348 g/mol. The number of carbonyl (C=O) groups is 2. The number of likely N-dealkylation sites (tertiary alicyclic amines) is 1. The van der Waals surface area contributed by atoms with Gasteiger partial charge in [-0.1, -0.05) is 29.8 Å². The van der Waals surface area contributed by atoms with E-state index < -0.39 is 0 Å². The van der Waals surface area contributed by atoms with E-state index in [9.17, 15) is 9.59 Å². The van der Waals surface area contributed by atoms with Crippen LogP contribution in [-0.2, 0) is 4.79 Å². The first-order valence-electron chi connectivity index (χ1n) is 8.76. The van der Waals surface area contributed by atoms with Crippen molar-refractivity contribution in [1.29, 1.82) is 0 Å². The summed E-state index contributed by atoms with van der Waals surface area (Å²) in [6.45, 7) is 1.61. The van der Waals surface area contributed by atoms with Crippen LogP contribution in [0.3, 0.4) is 0 Å². The van der Waals surface area contributed by atoms with Crippen molar-refractivity contribution >= 4 is 35.2 Å². The number of amides is 2. The Morgan fingerprint density at radius 1 is 1.00 bits per heavy atom. The van der Waals surface area contributed by atoms with Crippen LogP contribution in [-0.4, -0.2) is 29.8 Å². The van der Waals surface area contributed by atoms with Gasteiger partial charge < -0.3 is 10.2 Å². The zero-order valence-corrected chi connectivity index (χ0v) is 15.2. The lowest BCUT2D eigenvalue weighted by atomic mass is 10.1. The predicted molar refractivity (Wildman–Crippen MR) is 105 cm³/mol. The Kier molecular flexibility index (Phi) is 6.08. The molecule has 1 N–H and O–H groups in total. The fourth-order valence-corrected chi connectivity index (χ4v) is 3.07. The third-order valence-corrected chi connectivity index (χ3v) is 4.57. The maximum atomic E-state index is 12.6. The summed E-state index contributed by atoms with van der Waals surface area (Å²) < 4.78 is 0. The summed E-state index contributed by atoms with van der Waals surface area (Å²) in [5.74, 6) is -0.222. The van der Waals surface area contributed by atoms with Gasteiger partial charge in [0.2, 0.25) is 5.91 Å². The number of hydrogen-bond donors (Lipinski definition) is 1. The maximum Gasteiger partial charge on any atom is 0.253 e. The minimum atomic E-state index is -0.248. The van der Waals surface area contributed by atoms with Crippen molar-refractivity contribution in [2.45, 2.75) is 19.3 Å². The Balaban J connectivity index is 1.63. The number of anilines is 1. The molecule has 1 saturated heterocycles. The van der Waals surface area contributed by atoms with Crippen LogP contribution in [0.4, 0.5) is 5.69 Å². The van der Waals surface area contributed by atoms with Gasteiger partial charge in [-0.25, -0.2) is 0 Å². The van der Waals surface area contributed by atoms with E-state index in [1.54, 1.807) is 42.5 Å². The molecule has 0 radical (unpaired) electrons. The van der Waals surface area contributed by atoms with E-state index in [1.807, 2.05) is 17.0 Å². The number of hydrogen-bond acceptors (Lipinski definition) is 2. The predicted octanol–water partition coefficient (Wildman–Crippen LogP) is 4.62. The molecule has 1 heterocycles. The lowest BCUT2D eigenvalue weighted by Crippen LogP contribution is -2.35. The molecule has 26 heavy (non-hydrogen) atoms. The van der Waals surface area contributed by atoms with Crippen molar-refractivity contribution < 1.29 is 9.59 Å². The van der Waals surface area contributed by atoms with Gasteiger partial charge in [-0.3, -0.25) is 9.59 Å². The van der Waals surface area contributed by atoms with Crippen molar-refractivity contribution in [3.05, 3.63) is 70.8 Å². The van der Waals surface area contributed by atoms with Gasteiger partial charge in [0.15, 0.2) is 0 Å². The molecule has 3 rings (SSSR count). The number of piperidine rings is 1. The summed E-state index contributed by atoms with van der Waals surface area (Å²) in [6, 6.07) is 14.3. The van der Waals surface area contributed by atoms with E-state index in [-0.39, 0.29) is 11.8 Å². The molecule has 2 aromatic carbocycles. The fraction of sp³-hybridized carbons (Fsp3) is 0.238. The van der Waals surface area contributed by atoms with Crippen LogP contribution in [0.15, 0.2) is 54.6 Å². The van der Waals surface area contributed by atoms with Gasteiger partial charge in [0.05, 0.1) is 0 Å². The van der Waals surface area contributed by atoms with E-state index >= 15 is 0 Å². The third kappa shape index (κ3) is 4.96. The quantitative estimate of drug-likeness (QED) is 0.800. The lowest BCUT2D eigenvalue weighted by molar-refractivity contribution is -0.111. The van der Waals surface area contributed by atoms with Gasteiger partial charge in [0.25, 0.3) is 5.91 Å². The highest BCUT2D eigenvalue weighted by molar-refractivity contribution is 6.30. The van der Waals surface area contributed by atoms with Crippen LogP contribution in [0.1, 0.15) is 35.2 Å². The molecule has 0 atom stereocenters. The highest BCUT2D eigenvalue weighted by atomic mass is 35.5. The molecule has 0 unspecified atom stereocenters. The summed E-state index contributed by atoms with van der Waals surface area (Å²) >= 11 is 5.84. The Hall–Kier alpha value is -2.59. The number of halogens is 1. The summed E-state index contributed by atoms with van der Waals surface area (Å²) in [5, 5.41) is 3.45. The molecule has 1 fully saturated rings. The first-order chi connectivity index (χ1) is 12.6. The van der Waals surface area contributed by atoms with Gasteiger partial charge in [0.1, 0.15) is 0 Å². The Morgan fingerprint density at radius 2 is 1.73 bits per heavy atom. The van der Waals surface area contributed by atoms with Crippen LogP contribution in [0.2, 0.25) is 5.02 Å². The van der Waals surface area contributed by atoms with Crippen molar-refractivity contribution in [3.8, 4) is 0 Å². The Labute approximate surface area is 158 Å². The number of nitrogens with one attached hydrogen (secondary N) is 1.